The Balaban J connectivity index is 1.94. The van der Waals surface area contributed by atoms with Gasteiger partial charge in [0.2, 0.25) is 0 Å². The third-order valence-electron chi connectivity index (χ3n) is 4.40. The Labute approximate surface area is 190 Å². The molecule has 0 aromatic heterocycles. The molecule has 0 amide bonds. The second-order valence-electron chi connectivity index (χ2n) is 6.53. The molecule has 3 rings (SSSR count). The highest BCUT2D eigenvalue weighted by molar-refractivity contribution is 7.93. The molecular formula is C20H19N3O8S2. The molecule has 0 aliphatic heterocycles. The Morgan fingerprint density at radius 2 is 1.48 bits per heavy atom. The van der Waals surface area contributed by atoms with Gasteiger partial charge in [0.05, 0.1) is 35.4 Å². The summed E-state index contributed by atoms with van der Waals surface area (Å²) in [4.78, 5) is 9.62. The summed E-state index contributed by atoms with van der Waals surface area (Å²) in [6.07, 6.45) is 0. The maximum atomic E-state index is 12.9. The first-order valence-corrected chi connectivity index (χ1v) is 12.1. The van der Waals surface area contributed by atoms with E-state index in [1.807, 2.05) is 0 Å². The predicted molar refractivity (Wildman–Crippen MR) is 121 cm³/mol. The second-order valence-corrected chi connectivity index (χ2v) is 9.86. The molecular weight excluding hydrogens is 474 g/mol. The van der Waals surface area contributed by atoms with E-state index in [0.29, 0.717) is 5.75 Å². The molecule has 0 fully saturated rings. The Kier molecular flexibility index (Phi) is 6.74. The number of nitro benzene ring substituents is 1. The number of nitro groups is 1. The monoisotopic (exact) mass is 493 g/mol. The van der Waals surface area contributed by atoms with Gasteiger partial charge in [0.15, 0.2) is 0 Å². The van der Waals surface area contributed by atoms with Crippen LogP contribution in [0.4, 0.5) is 17.1 Å². The number of hydrogen-bond acceptors (Lipinski definition) is 8. The Hall–Kier alpha value is -3.84. The summed E-state index contributed by atoms with van der Waals surface area (Å²) in [6, 6.07) is 14.6. The van der Waals surface area contributed by atoms with Crippen molar-refractivity contribution in [2.75, 3.05) is 23.7 Å². The smallest absolute Gasteiger partial charge is 0.271 e. The average Bonchev–Trinajstić information content (AvgIpc) is 2.78. The van der Waals surface area contributed by atoms with Gasteiger partial charge in [-0.15, -0.1) is 0 Å². The van der Waals surface area contributed by atoms with Gasteiger partial charge in [0.1, 0.15) is 16.4 Å². The molecule has 0 atom stereocenters. The number of nitrogens with zero attached hydrogens (tertiary/aromatic N) is 1. The zero-order valence-electron chi connectivity index (χ0n) is 17.4. The fourth-order valence-electron chi connectivity index (χ4n) is 2.86. The molecule has 3 aromatic carbocycles. The second kappa shape index (κ2) is 9.34. The largest absolute Gasteiger partial charge is 0.495 e. The number of non-ortho nitro benzene ring substituents is 1. The zero-order chi connectivity index (χ0) is 24.2. The van der Waals surface area contributed by atoms with Crippen molar-refractivity contribution in [3.63, 3.8) is 0 Å². The van der Waals surface area contributed by atoms with Gasteiger partial charge in [-0.3, -0.25) is 19.6 Å². The fourth-order valence-corrected chi connectivity index (χ4v) is 5.21. The molecule has 0 saturated carbocycles. The molecule has 0 saturated heterocycles. The Morgan fingerprint density at radius 3 is 2.15 bits per heavy atom. The van der Waals surface area contributed by atoms with Gasteiger partial charge < -0.3 is 9.47 Å². The van der Waals surface area contributed by atoms with Crippen LogP contribution in [0.15, 0.2) is 76.5 Å². The van der Waals surface area contributed by atoms with E-state index in [0.717, 1.165) is 24.3 Å². The third-order valence-corrected chi connectivity index (χ3v) is 7.16. The van der Waals surface area contributed by atoms with Gasteiger partial charge in [-0.05, 0) is 36.4 Å². The van der Waals surface area contributed by atoms with E-state index < -0.39 is 35.6 Å². The van der Waals surface area contributed by atoms with Crippen LogP contribution in [0, 0.1) is 10.1 Å². The van der Waals surface area contributed by atoms with E-state index >= 15 is 0 Å². The lowest BCUT2D eigenvalue weighted by Crippen LogP contribution is -2.16. The molecule has 174 valence electrons. The number of benzene rings is 3. The van der Waals surface area contributed by atoms with Crippen molar-refractivity contribution in [2.45, 2.75) is 9.79 Å². The lowest BCUT2D eigenvalue weighted by molar-refractivity contribution is -0.385. The minimum atomic E-state index is -4.36. The number of methoxy groups -OCH3 is 2. The minimum Gasteiger partial charge on any atom is -0.495 e. The van der Waals surface area contributed by atoms with E-state index in [4.69, 9.17) is 9.47 Å². The molecule has 0 radical (unpaired) electrons. The summed E-state index contributed by atoms with van der Waals surface area (Å²) >= 11 is 0. The lowest BCUT2D eigenvalue weighted by Gasteiger charge is -2.14. The molecule has 0 aliphatic carbocycles. The van der Waals surface area contributed by atoms with Crippen molar-refractivity contribution in [2.24, 2.45) is 0 Å². The summed E-state index contributed by atoms with van der Waals surface area (Å²) < 4.78 is 66.2. The maximum Gasteiger partial charge on any atom is 0.271 e. The van der Waals surface area contributed by atoms with Crippen LogP contribution in [0.1, 0.15) is 0 Å². The summed E-state index contributed by atoms with van der Waals surface area (Å²) in [5, 5.41) is 11.1. The molecule has 0 aliphatic rings. The van der Waals surface area contributed by atoms with Crippen LogP contribution >= 0.6 is 0 Å². The zero-order valence-corrected chi connectivity index (χ0v) is 19.0. The van der Waals surface area contributed by atoms with E-state index in [1.165, 1.54) is 38.5 Å². The number of hydrogen-bond donors (Lipinski definition) is 2. The van der Waals surface area contributed by atoms with Gasteiger partial charge in [0.25, 0.3) is 25.7 Å². The van der Waals surface area contributed by atoms with E-state index in [9.17, 15) is 26.9 Å². The molecule has 11 nitrogen and oxygen atoms in total. The highest BCUT2D eigenvalue weighted by Gasteiger charge is 2.24. The van der Waals surface area contributed by atoms with Crippen molar-refractivity contribution in [3.05, 3.63) is 76.8 Å². The van der Waals surface area contributed by atoms with E-state index in [-0.39, 0.29) is 22.0 Å². The van der Waals surface area contributed by atoms with Crippen LogP contribution in [0.3, 0.4) is 0 Å². The molecule has 13 heteroatoms. The van der Waals surface area contributed by atoms with Crippen LogP contribution in [0.5, 0.6) is 11.5 Å². The average molecular weight is 494 g/mol. The first kappa shape index (κ1) is 23.8. The quantitative estimate of drug-likeness (QED) is 0.340. The maximum absolute atomic E-state index is 12.9. The summed E-state index contributed by atoms with van der Waals surface area (Å²) in [7, 11) is -5.84. The number of nitrogens with one attached hydrogen (secondary N) is 2. The van der Waals surface area contributed by atoms with Crippen molar-refractivity contribution in [1.29, 1.82) is 0 Å². The van der Waals surface area contributed by atoms with E-state index in [1.54, 1.807) is 18.2 Å². The number of para-hydroxylation sites is 2. The standard InChI is InChI=1S/C20H19N3O8S2/c1-30-18-9-4-3-8-17(18)22-32(26,27)16-7-5-6-14(12-16)21-33(28,29)20-13-15(23(24)25)10-11-19(20)31-2/h3-13,21-22H,1-2H3. The van der Waals surface area contributed by atoms with Gasteiger partial charge in [-0.25, -0.2) is 16.8 Å². The van der Waals surface area contributed by atoms with Crippen molar-refractivity contribution in [1.82, 2.24) is 0 Å². The van der Waals surface area contributed by atoms with Crippen LogP contribution in [-0.4, -0.2) is 36.0 Å². The Bertz CT molecular complexity index is 1410. The Morgan fingerprint density at radius 1 is 0.788 bits per heavy atom. The predicted octanol–water partition coefficient (Wildman–Crippen LogP) is 3.21. The molecule has 2 N–H and O–H groups in total. The summed E-state index contributed by atoms with van der Waals surface area (Å²) in [5.74, 6) is 0.186. The van der Waals surface area contributed by atoms with Gasteiger partial charge in [-0.2, -0.15) is 0 Å². The number of sulfonamides is 2. The topological polar surface area (TPSA) is 154 Å². The normalized spacial score (nSPS) is 11.5. The van der Waals surface area contributed by atoms with Gasteiger partial charge >= 0.3 is 0 Å². The molecule has 33 heavy (non-hydrogen) atoms. The van der Waals surface area contributed by atoms with Crippen LogP contribution in [-0.2, 0) is 20.0 Å². The summed E-state index contributed by atoms with van der Waals surface area (Å²) in [5.41, 5.74) is -0.327. The SMILES string of the molecule is COc1ccccc1NS(=O)(=O)c1cccc(NS(=O)(=O)c2cc([N+](=O)[O-])ccc2OC)c1. The van der Waals surface area contributed by atoms with Crippen molar-refractivity contribution < 1.29 is 31.2 Å². The highest BCUT2D eigenvalue weighted by atomic mass is 32.2. The third kappa shape index (κ3) is 5.32. The van der Waals surface area contributed by atoms with Gasteiger partial charge in [-0.1, -0.05) is 18.2 Å². The fraction of sp³-hybridized carbons (Fsp3) is 0.100. The van der Waals surface area contributed by atoms with Crippen molar-refractivity contribution in [3.8, 4) is 11.5 Å². The lowest BCUT2D eigenvalue weighted by atomic mass is 10.3. The highest BCUT2D eigenvalue weighted by Crippen LogP contribution is 2.31. The molecule has 0 unspecified atom stereocenters. The number of anilines is 2. The summed E-state index contributed by atoms with van der Waals surface area (Å²) in [6.45, 7) is 0. The van der Waals surface area contributed by atoms with E-state index in [2.05, 4.69) is 9.44 Å². The first-order valence-electron chi connectivity index (χ1n) is 9.18. The first-order chi connectivity index (χ1) is 15.6. The van der Waals surface area contributed by atoms with Crippen LogP contribution in [0.2, 0.25) is 0 Å². The minimum absolute atomic E-state index is 0.0774. The number of ether oxygens (including phenoxy) is 2. The molecule has 0 bridgehead atoms. The molecule has 3 aromatic rings. The molecule has 0 heterocycles. The molecule has 0 spiro atoms. The van der Waals surface area contributed by atoms with Gasteiger partial charge in [0, 0.05) is 12.1 Å². The van der Waals surface area contributed by atoms with Crippen LogP contribution in [0.25, 0.3) is 0 Å². The van der Waals surface area contributed by atoms with Crippen LogP contribution < -0.4 is 18.9 Å². The number of rotatable bonds is 9. The van der Waals surface area contributed by atoms with Crippen molar-refractivity contribution >= 4 is 37.1 Å².